The van der Waals surface area contributed by atoms with Gasteiger partial charge in [0.15, 0.2) is 0 Å². The molecule has 0 aliphatic rings. The van der Waals surface area contributed by atoms with E-state index < -0.39 is 0 Å². The third kappa shape index (κ3) is 2.43. The first-order chi connectivity index (χ1) is 7.13. The fourth-order valence-corrected chi connectivity index (χ4v) is 1.51. The fraction of sp³-hybridized carbons (Fsp3) is 0.273. The first-order valence-electron chi connectivity index (χ1n) is 4.42. The number of hydrogen-bond acceptors (Lipinski definition) is 3. The SMILES string of the molecule is COc1cc(C(=CCl)CO)c(O)cc1C. The van der Waals surface area contributed by atoms with Crippen molar-refractivity contribution in [3.8, 4) is 11.5 Å². The molecule has 0 atom stereocenters. The molecule has 0 bridgehead atoms. The molecule has 4 heteroatoms. The van der Waals surface area contributed by atoms with Crippen LogP contribution in [0.4, 0.5) is 0 Å². The van der Waals surface area contributed by atoms with Crippen molar-refractivity contribution in [2.24, 2.45) is 0 Å². The highest BCUT2D eigenvalue weighted by Crippen LogP contribution is 2.32. The maximum atomic E-state index is 9.68. The second kappa shape index (κ2) is 5.05. The van der Waals surface area contributed by atoms with Gasteiger partial charge in [0.25, 0.3) is 0 Å². The molecule has 1 rings (SSSR count). The highest BCUT2D eigenvalue weighted by atomic mass is 35.5. The van der Waals surface area contributed by atoms with E-state index in [4.69, 9.17) is 21.4 Å². The largest absolute Gasteiger partial charge is 0.507 e. The third-order valence-electron chi connectivity index (χ3n) is 2.16. The Hall–Kier alpha value is -1.19. The number of rotatable bonds is 3. The van der Waals surface area contributed by atoms with Crippen LogP contribution in [0.1, 0.15) is 11.1 Å². The van der Waals surface area contributed by atoms with Gasteiger partial charge < -0.3 is 14.9 Å². The van der Waals surface area contributed by atoms with Gasteiger partial charge >= 0.3 is 0 Å². The van der Waals surface area contributed by atoms with Crippen LogP contribution in [0.15, 0.2) is 17.7 Å². The van der Waals surface area contributed by atoms with E-state index in [1.54, 1.807) is 19.2 Å². The standard InChI is InChI=1S/C11H13ClO3/c1-7-3-10(14)9(4-11(7)15-2)8(5-12)6-13/h3-5,13-14H,6H2,1-2H3. The molecule has 0 aliphatic carbocycles. The van der Waals surface area contributed by atoms with E-state index in [0.29, 0.717) is 16.9 Å². The molecular formula is C11H13ClO3. The summed E-state index contributed by atoms with van der Waals surface area (Å²) in [5, 5.41) is 18.7. The Morgan fingerprint density at radius 1 is 1.53 bits per heavy atom. The number of benzene rings is 1. The van der Waals surface area contributed by atoms with Crippen LogP contribution in [-0.4, -0.2) is 23.9 Å². The molecule has 2 N–H and O–H groups in total. The van der Waals surface area contributed by atoms with Crippen molar-refractivity contribution >= 4 is 17.2 Å². The second-order valence-corrected chi connectivity index (χ2v) is 3.35. The summed E-state index contributed by atoms with van der Waals surface area (Å²) in [4.78, 5) is 0. The summed E-state index contributed by atoms with van der Waals surface area (Å²) in [5.41, 5.74) is 3.00. The van der Waals surface area contributed by atoms with Crippen molar-refractivity contribution in [3.05, 3.63) is 28.8 Å². The van der Waals surface area contributed by atoms with E-state index in [9.17, 15) is 5.11 Å². The lowest BCUT2D eigenvalue weighted by molar-refractivity contribution is 0.349. The monoisotopic (exact) mass is 228 g/mol. The highest BCUT2D eigenvalue weighted by Gasteiger charge is 2.10. The fourth-order valence-electron chi connectivity index (χ4n) is 1.33. The number of phenols is 1. The van der Waals surface area contributed by atoms with Gasteiger partial charge in [0.05, 0.1) is 13.7 Å². The van der Waals surface area contributed by atoms with E-state index >= 15 is 0 Å². The summed E-state index contributed by atoms with van der Waals surface area (Å²) in [5.74, 6) is 0.724. The van der Waals surface area contributed by atoms with Crippen LogP contribution in [0, 0.1) is 6.92 Å². The number of aliphatic hydroxyl groups is 1. The molecule has 15 heavy (non-hydrogen) atoms. The van der Waals surface area contributed by atoms with Gasteiger partial charge in [0, 0.05) is 11.1 Å². The molecule has 82 valence electrons. The second-order valence-electron chi connectivity index (χ2n) is 3.13. The van der Waals surface area contributed by atoms with Crippen LogP contribution >= 0.6 is 11.6 Å². The smallest absolute Gasteiger partial charge is 0.123 e. The van der Waals surface area contributed by atoms with Crippen molar-refractivity contribution < 1.29 is 14.9 Å². The summed E-state index contributed by atoms with van der Waals surface area (Å²) in [7, 11) is 1.55. The van der Waals surface area contributed by atoms with Gasteiger partial charge in [-0.05, 0) is 30.2 Å². The number of aryl methyl sites for hydroxylation is 1. The van der Waals surface area contributed by atoms with Crippen molar-refractivity contribution in [2.75, 3.05) is 13.7 Å². The Labute approximate surface area is 93.6 Å². The predicted molar refractivity (Wildman–Crippen MR) is 60.3 cm³/mol. The number of halogens is 1. The first kappa shape index (κ1) is 11.9. The minimum atomic E-state index is -0.233. The van der Waals surface area contributed by atoms with Crippen LogP contribution in [0.3, 0.4) is 0 Å². The Morgan fingerprint density at radius 3 is 2.67 bits per heavy atom. The number of methoxy groups -OCH3 is 1. The van der Waals surface area contributed by atoms with Crippen molar-refractivity contribution in [1.29, 1.82) is 0 Å². The summed E-state index contributed by atoms with van der Waals surface area (Å²) >= 11 is 5.54. The molecule has 0 amide bonds. The van der Waals surface area contributed by atoms with Crippen LogP contribution in [0.2, 0.25) is 0 Å². The predicted octanol–water partition coefficient (Wildman–Crippen LogP) is 2.28. The number of aromatic hydroxyl groups is 1. The van der Waals surface area contributed by atoms with Gasteiger partial charge in [0.2, 0.25) is 0 Å². The van der Waals surface area contributed by atoms with Gasteiger partial charge in [-0.15, -0.1) is 0 Å². The summed E-state index contributed by atoms with van der Waals surface area (Å²) < 4.78 is 5.12. The number of aliphatic hydroxyl groups excluding tert-OH is 1. The molecule has 0 aromatic heterocycles. The van der Waals surface area contributed by atoms with Crippen LogP contribution in [0.5, 0.6) is 11.5 Å². The zero-order valence-corrected chi connectivity index (χ0v) is 9.38. The topological polar surface area (TPSA) is 49.7 Å². The van der Waals surface area contributed by atoms with E-state index in [-0.39, 0.29) is 12.4 Å². The molecule has 0 aliphatic heterocycles. The maximum absolute atomic E-state index is 9.68. The number of ether oxygens (including phenoxy) is 1. The maximum Gasteiger partial charge on any atom is 0.123 e. The third-order valence-corrected chi connectivity index (χ3v) is 2.42. The summed E-state index contributed by atoms with van der Waals surface area (Å²) in [6.45, 7) is 1.59. The average Bonchev–Trinajstić information content (AvgIpc) is 2.22. The van der Waals surface area contributed by atoms with Crippen LogP contribution in [0.25, 0.3) is 5.57 Å². The molecule has 0 unspecified atom stereocenters. The van der Waals surface area contributed by atoms with Crippen molar-refractivity contribution in [2.45, 2.75) is 6.92 Å². The lowest BCUT2D eigenvalue weighted by atomic mass is 10.0. The molecule has 3 nitrogen and oxygen atoms in total. The van der Waals surface area contributed by atoms with E-state index in [2.05, 4.69) is 0 Å². The van der Waals surface area contributed by atoms with E-state index in [1.807, 2.05) is 6.92 Å². The lowest BCUT2D eigenvalue weighted by Gasteiger charge is -2.11. The molecule has 0 radical (unpaired) electrons. The molecule has 1 aromatic carbocycles. The number of hydrogen-bond donors (Lipinski definition) is 2. The Balaban J connectivity index is 3.30. The van der Waals surface area contributed by atoms with Gasteiger partial charge in [-0.1, -0.05) is 11.6 Å². The minimum Gasteiger partial charge on any atom is -0.507 e. The Morgan fingerprint density at radius 2 is 2.20 bits per heavy atom. The summed E-state index contributed by atoms with van der Waals surface area (Å²) in [6.07, 6.45) is 0. The molecule has 0 saturated heterocycles. The van der Waals surface area contributed by atoms with Gasteiger partial charge in [-0.25, -0.2) is 0 Å². The van der Waals surface area contributed by atoms with Gasteiger partial charge in [0.1, 0.15) is 11.5 Å². The van der Waals surface area contributed by atoms with Crippen LogP contribution in [-0.2, 0) is 0 Å². The molecule has 0 heterocycles. The van der Waals surface area contributed by atoms with E-state index in [0.717, 1.165) is 5.56 Å². The van der Waals surface area contributed by atoms with Crippen molar-refractivity contribution in [3.63, 3.8) is 0 Å². The zero-order valence-electron chi connectivity index (χ0n) is 8.62. The average molecular weight is 229 g/mol. The number of phenolic OH excluding ortho intramolecular Hbond substituents is 1. The van der Waals surface area contributed by atoms with Crippen molar-refractivity contribution in [1.82, 2.24) is 0 Å². The Kier molecular flexibility index (Phi) is 4.00. The molecule has 0 spiro atoms. The summed E-state index contributed by atoms with van der Waals surface area (Å²) in [6, 6.07) is 3.22. The van der Waals surface area contributed by atoms with Crippen LogP contribution < -0.4 is 4.74 Å². The molecule has 1 aromatic rings. The normalized spacial score (nSPS) is 11.6. The first-order valence-corrected chi connectivity index (χ1v) is 4.85. The molecule has 0 saturated carbocycles. The molecule has 0 fully saturated rings. The minimum absolute atomic E-state index is 0.0780. The Bertz CT molecular complexity index is 386. The van der Waals surface area contributed by atoms with Gasteiger partial charge in [-0.2, -0.15) is 0 Å². The zero-order chi connectivity index (χ0) is 11.4. The molecular weight excluding hydrogens is 216 g/mol. The lowest BCUT2D eigenvalue weighted by Crippen LogP contribution is -1.94. The van der Waals surface area contributed by atoms with Gasteiger partial charge in [-0.3, -0.25) is 0 Å². The highest BCUT2D eigenvalue weighted by molar-refractivity contribution is 6.28. The van der Waals surface area contributed by atoms with E-state index in [1.165, 1.54) is 5.54 Å². The quantitative estimate of drug-likeness (QED) is 0.835.